The number of ketones is 1. The zero-order chi connectivity index (χ0) is 30.4. The first-order chi connectivity index (χ1) is 18.8. The molecule has 3 atom stereocenters. The molecule has 40 heavy (non-hydrogen) atoms. The SMILES string of the molecule is CCC(CCSC[C@H](NC(=O)CC[C@H]([NH3+])C(=O)[O-])C(=O)NCC(=O)O)C(=O)c1ccc(OCC(=O)O)c(Cl)c1Cl. The molecule has 1 rings (SSSR count). The van der Waals surface area contributed by atoms with Gasteiger partial charge in [0.2, 0.25) is 11.8 Å². The molecule has 0 aliphatic heterocycles. The summed E-state index contributed by atoms with van der Waals surface area (Å²) < 4.78 is 5.06. The second-order valence-electron chi connectivity index (χ2n) is 8.54. The quantitative estimate of drug-likeness (QED) is 0.0984. The van der Waals surface area contributed by atoms with E-state index in [1.165, 1.54) is 23.9 Å². The van der Waals surface area contributed by atoms with Crippen LogP contribution >= 0.6 is 35.0 Å². The number of rotatable bonds is 19. The number of nitrogens with one attached hydrogen (secondary N) is 2. The van der Waals surface area contributed by atoms with E-state index in [1.807, 2.05) is 0 Å². The van der Waals surface area contributed by atoms with Gasteiger partial charge in [0.05, 0.1) is 11.0 Å². The third kappa shape index (κ3) is 12.0. The van der Waals surface area contributed by atoms with Gasteiger partial charge in [-0.3, -0.25) is 19.2 Å². The second kappa shape index (κ2) is 17.6. The van der Waals surface area contributed by atoms with Crippen molar-refractivity contribution in [1.29, 1.82) is 0 Å². The molecule has 1 aromatic carbocycles. The molecule has 16 heteroatoms. The van der Waals surface area contributed by atoms with E-state index in [1.54, 1.807) is 6.92 Å². The number of aliphatic carboxylic acids is 3. The molecule has 0 saturated heterocycles. The number of quaternary nitrogens is 1. The van der Waals surface area contributed by atoms with Crippen LogP contribution in [0.25, 0.3) is 0 Å². The van der Waals surface area contributed by atoms with Gasteiger partial charge in [0.1, 0.15) is 29.4 Å². The average Bonchev–Trinajstić information content (AvgIpc) is 2.89. The predicted octanol–water partition coefficient (Wildman–Crippen LogP) is -0.385. The van der Waals surface area contributed by atoms with E-state index in [0.29, 0.717) is 18.6 Å². The maximum atomic E-state index is 13.1. The van der Waals surface area contributed by atoms with Crippen molar-refractivity contribution >= 4 is 70.5 Å². The molecule has 0 saturated carbocycles. The Morgan fingerprint density at radius 3 is 2.33 bits per heavy atom. The highest BCUT2D eigenvalue weighted by molar-refractivity contribution is 7.99. The molecule has 2 amide bonds. The van der Waals surface area contributed by atoms with Crippen molar-refractivity contribution in [2.75, 3.05) is 24.7 Å². The molecule has 0 aliphatic carbocycles. The summed E-state index contributed by atoms with van der Waals surface area (Å²) in [5.74, 6) is -5.54. The molecule has 0 fully saturated rings. The Bertz CT molecular complexity index is 1100. The monoisotopic (exact) mass is 623 g/mol. The fraction of sp³-hybridized carbons (Fsp3) is 0.500. The number of Topliss-reactive ketones (excluding diaryl/α,β-unsaturated/α-hetero) is 1. The fourth-order valence-corrected chi connectivity index (χ4v) is 4.86. The molecule has 1 unspecified atom stereocenters. The first kappa shape index (κ1) is 35.0. The number of halogens is 2. The number of hydrogen-bond acceptors (Lipinski definition) is 9. The smallest absolute Gasteiger partial charge is 0.341 e. The lowest BCUT2D eigenvalue weighted by atomic mass is 9.93. The van der Waals surface area contributed by atoms with Gasteiger partial charge in [-0.1, -0.05) is 30.1 Å². The first-order valence-corrected chi connectivity index (χ1v) is 14.0. The highest BCUT2D eigenvalue weighted by atomic mass is 35.5. The zero-order valence-corrected chi connectivity index (χ0v) is 23.9. The Labute approximate surface area is 244 Å². The normalized spacial score (nSPS) is 13.0. The summed E-state index contributed by atoms with van der Waals surface area (Å²) in [6, 6.07) is 0.544. The van der Waals surface area contributed by atoms with Gasteiger partial charge in [0, 0.05) is 30.1 Å². The van der Waals surface area contributed by atoms with Crippen molar-refractivity contribution in [3.63, 3.8) is 0 Å². The Balaban J connectivity index is 2.79. The molecule has 13 nitrogen and oxygen atoms in total. The Morgan fingerprint density at radius 2 is 1.75 bits per heavy atom. The van der Waals surface area contributed by atoms with E-state index < -0.39 is 60.9 Å². The molecule has 0 spiro atoms. The number of hydrogen-bond donors (Lipinski definition) is 5. The van der Waals surface area contributed by atoms with Crippen molar-refractivity contribution in [1.82, 2.24) is 10.6 Å². The van der Waals surface area contributed by atoms with Gasteiger partial charge in [-0.05, 0) is 30.7 Å². The number of benzene rings is 1. The van der Waals surface area contributed by atoms with Crippen LogP contribution in [0.2, 0.25) is 10.0 Å². The maximum Gasteiger partial charge on any atom is 0.341 e. The van der Waals surface area contributed by atoms with E-state index in [4.69, 9.17) is 38.2 Å². The molecule has 0 aromatic heterocycles. The number of carbonyl (C=O) groups is 6. The molecule has 7 N–H and O–H groups in total. The van der Waals surface area contributed by atoms with Crippen molar-refractivity contribution in [3.8, 4) is 5.75 Å². The number of ether oxygens (including phenoxy) is 1. The van der Waals surface area contributed by atoms with Gasteiger partial charge in [0.25, 0.3) is 0 Å². The fourth-order valence-electron chi connectivity index (χ4n) is 3.30. The second-order valence-corrected chi connectivity index (χ2v) is 10.4. The van der Waals surface area contributed by atoms with Crippen LogP contribution in [-0.4, -0.2) is 82.5 Å². The van der Waals surface area contributed by atoms with Gasteiger partial charge in [0.15, 0.2) is 12.4 Å². The number of amides is 2. The minimum Gasteiger partial charge on any atom is -0.544 e. The molecule has 0 radical (unpaired) electrons. The molecular formula is C24H31Cl2N3O10S. The molecule has 0 bridgehead atoms. The van der Waals surface area contributed by atoms with E-state index in [2.05, 4.69) is 16.4 Å². The minimum atomic E-state index is -1.41. The van der Waals surface area contributed by atoms with Crippen LogP contribution in [0.5, 0.6) is 5.75 Å². The van der Waals surface area contributed by atoms with E-state index >= 15 is 0 Å². The van der Waals surface area contributed by atoms with Gasteiger partial charge >= 0.3 is 11.9 Å². The van der Waals surface area contributed by atoms with E-state index in [0.717, 1.165) is 0 Å². The predicted molar refractivity (Wildman–Crippen MR) is 143 cm³/mol. The summed E-state index contributed by atoms with van der Waals surface area (Å²) >= 11 is 13.7. The Kier molecular flexibility index (Phi) is 15.4. The van der Waals surface area contributed by atoms with Gasteiger partial charge in [-0.15, -0.1) is 0 Å². The third-order valence-electron chi connectivity index (χ3n) is 5.54. The zero-order valence-electron chi connectivity index (χ0n) is 21.6. The molecule has 222 valence electrons. The third-order valence-corrected chi connectivity index (χ3v) is 7.50. The summed E-state index contributed by atoms with van der Waals surface area (Å²) in [6.45, 7) is 0.513. The van der Waals surface area contributed by atoms with Crippen molar-refractivity contribution in [3.05, 3.63) is 27.7 Å². The van der Waals surface area contributed by atoms with Crippen molar-refractivity contribution in [2.45, 2.75) is 44.7 Å². The molecule has 0 heterocycles. The Hall–Kier alpha value is -3.07. The van der Waals surface area contributed by atoms with Crippen molar-refractivity contribution in [2.24, 2.45) is 5.92 Å². The lowest BCUT2D eigenvalue weighted by Gasteiger charge is -2.19. The average molecular weight is 624 g/mol. The van der Waals surface area contributed by atoms with Gasteiger partial charge in [-0.25, -0.2) is 4.79 Å². The topological polar surface area (TPSA) is 227 Å². The summed E-state index contributed by atoms with van der Waals surface area (Å²) in [7, 11) is 0. The number of thioether (sulfide) groups is 1. The van der Waals surface area contributed by atoms with Crippen molar-refractivity contribution < 1.29 is 54.6 Å². The Morgan fingerprint density at radius 1 is 1.07 bits per heavy atom. The van der Waals surface area contributed by atoms with E-state index in [9.17, 15) is 33.9 Å². The van der Waals surface area contributed by atoms with Gasteiger partial charge in [-0.2, -0.15) is 11.8 Å². The highest BCUT2D eigenvalue weighted by Gasteiger charge is 2.25. The van der Waals surface area contributed by atoms with Crippen LogP contribution in [0.15, 0.2) is 12.1 Å². The van der Waals surface area contributed by atoms with Crippen LogP contribution in [0.1, 0.15) is 43.0 Å². The number of carboxylic acid groups (broad SMARTS) is 3. The summed E-state index contributed by atoms with van der Waals surface area (Å²) in [6.07, 6.45) is 0.488. The molecule has 1 aromatic rings. The summed E-state index contributed by atoms with van der Waals surface area (Å²) in [4.78, 5) is 70.1. The summed E-state index contributed by atoms with van der Waals surface area (Å²) in [5, 5.41) is 32.9. The van der Waals surface area contributed by atoms with Crippen LogP contribution in [0, 0.1) is 5.92 Å². The van der Waals surface area contributed by atoms with Crippen LogP contribution < -0.4 is 26.2 Å². The van der Waals surface area contributed by atoms with Crippen LogP contribution in [-0.2, 0) is 24.0 Å². The maximum absolute atomic E-state index is 13.1. The molecular weight excluding hydrogens is 593 g/mol. The lowest BCUT2D eigenvalue weighted by Crippen LogP contribution is -2.68. The summed E-state index contributed by atoms with van der Waals surface area (Å²) in [5.41, 5.74) is 3.50. The van der Waals surface area contributed by atoms with Crippen LogP contribution in [0.3, 0.4) is 0 Å². The first-order valence-electron chi connectivity index (χ1n) is 12.1. The lowest BCUT2D eigenvalue weighted by molar-refractivity contribution is -0.438. The van der Waals surface area contributed by atoms with E-state index in [-0.39, 0.29) is 45.7 Å². The largest absolute Gasteiger partial charge is 0.544 e. The standard InChI is InChI=1S/C24H31Cl2N3O10S/c1-2-12(22(35)13-3-5-16(21(26)20(13)25)39-10-19(33)34)7-8-40-11-15(23(36)28-9-18(31)32)29-17(30)6-4-14(27)24(37)38/h3,5,12,14-15H,2,4,6-11,27H2,1H3,(H,28,36)(H,29,30)(H,31,32)(H,33,34)(H,37,38)/t12?,14-,15-/m0/s1. The highest BCUT2D eigenvalue weighted by Crippen LogP contribution is 2.36. The number of carbonyl (C=O) groups excluding carboxylic acids is 4. The molecule has 0 aliphatic rings. The van der Waals surface area contributed by atoms with Gasteiger partial charge < -0.3 is 41.2 Å². The number of carboxylic acids is 3. The minimum absolute atomic E-state index is 0.0221. The van der Waals surface area contributed by atoms with Crippen LogP contribution in [0.4, 0.5) is 0 Å².